The molecule has 0 saturated heterocycles. The molecule has 0 radical (unpaired) electrons. The third-order valence-electron chi connectivity index (χ3n) is 5.50. The Kier molecular flexibility index (Phi) is 10.6. The first-order valence-corrected chi connectivity index (χ1v) is 13.1. The molecule has 0 aromatic rings. The molecule has 0 aliphatic carbocycles. The fraction of sp³-hybridized carbons (Fsp3) is 0.900. The van der Waals surface area contributed by atoms with E-state index < -0.39 is 8.32 Å². The Labute approximate surface area is 155 Å². The van der Waals surface area contributed by atoms with Crippen LogP contribution in [0.4, 0.5) is 0 Å². The molecule has 3 atom stereocenters. The summed E-state index contributed by atoms with van der Waals surface area (Å²) >= 11 is 3.66. The Hall–Kier alpha value is 0.397. The summed E-state index contributed by atoms with van der Waals surface area (Å²) in [6.07, 6.45) is 6.24. The quantitative estimate of drug-likeness (QED) is 0.196. The summed E-state index contributed by atoms with van der Waals surface area (Å²) in [5.74, 6) is 1.42. The van der Waals surface area contributed by atoms with E-state index in [4.69, 9.17) is 4.43 Å². The summed E-state index contributed by atoms with van der Waals surface area (Å²) in [5.41, 5.74) is 1.35. The van der Waals surface area contributed by atoms with E-state index in [2.05, 4.69) is 77.1 Å². The van der Waals surface area contributed by atoms with Crippen LogP contribution in [0.3, 0.4) is 0 Å². The highest BCUT2D eigenvalue weighted by Crippen LogP contribution is 2.36. The van der Waals surface area contributed by atoms with Gasteiger partial charge >= 0.3 is 0 Å². The van der Waals surface area contributed by atoms with Gasteiger partial charge in [-0.15, -0.1) is 0 Å². The van der Waals surface area contributed by atoms with Crippen molar-refractivity contribution in [2.24, 2.45) is 11.8 Å². The van der Waals surface area contributed by atoms with Crippen molar-refractivity contribution in [1.29, 1.82) is 0 Å². The molecule has 0 rings (SSSR count). The predicted molar refractivity (Wildman–Crippen MR) is 112 cm³/mol. The van der Waals surface area contributed by atoms with Crippen LogP contribution >= 0.6 is 15.9 Å². The van der Waals surface area contributed by atoms with E-state index in [1.807, 2.05) is 0 Å². The molecule has 0 bridgehead atoms. The van der Waals surface area contributed by atoms with Crippen LogP contribution in [0.1, 0.15) is 73.6 Å². The van der Waals surface area contributed by atoms with Crippen molar-refractivity contribution >= 4 is 24.2 Å². The number of allylic oxidation sites excluding steroid dienone is 1. The van der Waals surface area contributed by atoms with E-state index >= 15 is 0 Å². The average Bonchev–Trinajstić information content (AvgIpc) is 2.36. The Morgan fingerprint density at radius 1 is 1.04 bits per heavy atom. The maximum atomic E-state index is 6.31. The number of rotatable bonds is 11. The van der Waals surface area contributed by atoms with Gasteiger partial charge in [-0.25, -0.2) is 0 Å². The standard InChI is InChI=1S/C20H41BrOSi/c1-16(2)19(13-11-18(4)21)12-10-17(3)14-15-22-23(8,9)20(5,6)7/h17-19H,1,10-15H2,2-9H3/t17?,18?,19-/m0/s1. The van der Waals surface area contributed by atoms with Crippen LogP contribution in [0.15, 0.2) is 12.2 Å². The maximum absolute atomic E-state index is 6.31. The third-order valence-corrected chi connectivity index (χ3v) is 10.5. The first kappa shape index (κ1) is 23.4. The van der Waals surface area contributed by atoms with Crippen LogP contribution in [0.25, 0.3) is 0 Å². The Balaban J connectivity index is 4.14. The first-order valence-electron chi connectivity index (χ1n) is 9.30. The molecule has 138 valence electrons. The largest absolute Gasteiger partial charge is 0.417 e. The van der Waals surface area contributed by atoms with Gasteiger partial charge in [0.05, 0.1) is 0 Å². The summed E-state index contributed by atoms with van der Waals surface area (Å²) in [6, 6.07) is 0. The van der Waals surface area contributed by atoms with Crippen molar-refractivity contribution in [3.63, 3.8) is 0 Å². The van der Waals surface area contributed by atoms with Crippen molar-refractivity contribution in [3.8, 4) is 0 Å². The zero-order chi connectivity index (χ0) is 18.3. The third kappa shape index (κ3) is 10.1. The van der Waals surface area contributed by atoms with Crippen molar-refractivity contribution in [3.05, 3.63) is 12.2 Å². The molecule has 0 fully saturated rings. The fourth-order valence-electron chi connectivity index (χ4n) is 2.43. The molecule has 0 amide bonds. The van der Waals surface area contributed by atoms with Gasteiger partial charge in [-0.1, -0.05) is 69.1 Å². The zero-order valence-corrected chi connectivity index (χ0v) is 19.6. The molecular weight excluding hydrogens is 364 g/mol. The second-order valence-corrected chi connectivity index (χ2v) is 15.4. The monoisotopic (exact) mass is 404 g/mol. The molecule has 0 aliphatic heterocycles. The number of halogens is 1. The normalized spacial score (nSPS) is 16.9. The smallest absolute Gasteiger partial charge is 0.191 e. The van der Waals surface area contributed by atoms with E-state index in [0.717, 1.165) is 12.5 Å². The van der Waals surface area contributed by atoms with Gasteiger partial charge in [-0.2, -0.15) is 0 Å². The van der Waals surface area contributed by atoms with Gasteiger partial charge < -0.3 is 4.43 Å². The average molecular weight is 406 g/mol. The van der Waals surface area contributed by atoms with Gasteiger partial charge in [-0.3, -0.25) is 0 Å². The highest BCUT2D eigenvalue weighted by atomic mass is 79.9. The maximum Gasteiger partial charge on any atom is 0.191 e. The summed E-state index contributed by atoms with van der Waals surface area (Å²) < 4.78 is 6.31. The lowest BCUT2D eigenvalue weighted by atomic mass is 9.87. The van der Waals surface area contributed by atoms with Crippen LogP contribution in [0, 0.1) is 11.8 Å². The van der Waals surface area contributed by atoms with Gasteiger partial charge in [0, 0.05) is 11.4 Å². The molecule has 0 heterocycles. The molecule has 0 spiro atoms. The van der Waals surface area contributed by atoms with Crippen LogP contribution < -0.4 is 0 Å². The summed E-state index contributed by atoms with van der Waals surface area (Å²) in [5, 5.41) is 0.313. The van der Waals surface area contributed by atoms with Crippen molar-refractivity contribution < 1.29 is 4.43 Å². The number of hydrogen-bond donors (Lipinski definition) is 0. The zero-order valence-electron chi connectivity index (χ0n) is 17.0. The molecule has 2 unspecified atom stereocenters. The van der Waals surface area contributed by atoms with Crippen LogP contribution in [-0.2, 0) is 4.43 Å². The van der Waals surface area contributed by atoms with E-state index in [0.29, 0.717) is 15.8 Å². The van der Waals surface area contributed by atoms with Crippen LogP contribution in [0.5, 0.6) is 0 Å². The predicted octanol–water partition coefficient (Wildman–Crippen LogP) is 7.57. The molecule has 0 aliphatic rings. The number of alkyl halides is 1. The van der Waals surface area contributed by atoms with Gasteiger partial charge in [0.2, 0.25) is 0 Å². The summed E-state index contributed by atoms with van der Waals surface area (Å²) in [4.78, 5) is 0.611. The van der Waals surface area contributed by atoms with Crippen LogP contribution in [-0.4, -0.2) is 19.8 Å². The molecule has 23 heavy (non-hydrogen) atoms. The molecular formula is C20H41BrOSi. The highest BCUT2D eigenvalue weighted by molar-refractivity contribution is 9.09. The van der Waals surface area contributed by atoms with Crippen molar-refractivity contribution in [1.82, 2.24) is 0 Å². The molecule has 0 aromatic heterocycles. The lowest BCUT2D eigenvalue weighted by Crippen LogP contribution is -2.41. The first-order chi connectivity index (χ1) is 10.4. The van der Waals surface area contributed by atoms with E-state index in [1.165, 1.54) is 37.7 Å². The Morgan fingerprint density at radius 3 is 2.00 bits per heavy atom. The summed E-state index contributed by atoms with van der Waals surface area (Å²) in [7, 11) is -1.58. The lowest BCUT2D eigenvalue weighted by molar-refractivity contribution is 0.252. The fourth-order valence-corrected chi connectivity index (χ4v) is 3.76. The minimum atomic E-state index is -1.58. The topological polar surface area (TPSA) is 9.23 Å². The number of hydrogen-bond acceptors (Lipinski definition) is 1. The van der Waals surface area contributed by atoms with Crippen molar-refractivity contribution in [2.75, 3.05) is 6.61 Å². The molecule has 3 heteroatoms. The van der Waals surface area contributed by atoms with Crippen molar-refractivity contribution in [2.45, 2.75) is 96.6 Å². The highest BCUT2D eigenvalue weighted by Gasteiger charge is 2.36. The Bertz CT molecular complexity index is 344. The van der Waals surface area contributed by atoms with E-state index in [9.17, 15) is 0 Å². The minimum absolute atomic E-state index is 0.313. The minimum Gasteiger partial charge on any atom is -0.417 e. The molecule has 0 aromatic carbocycles. The van der Waals surface area contributed by atoms with E-state index in [-0.39, 0.29) is 0 Å². The second kappa shape index (κ2) is 10.4. The van der Waals surface area contributed by atoms with E-state index in [1.54, 1.807) is 0 Å². The van der Waals surface area contributed by atoms with Gasteiger partial charge in [0.15, 0.2) is 8.32 Å². The molecule has 0 N–H and O–H groups in total. The van der Waals surface area contributed by atoms with Gasteiger partial charge in [0.25, 0.3) is 0 Å². The SMILES string of the molecule is C=C(C)[C@H](CCC(C)Br)CCC(C)CCO[Si](C)(C)C(C)(C)C. The van der Waals surface area contributed by atoms with Gasteiger partial charge in [0.1, 0.15) is 0 Å². The molecule has 0 saturated carbocycles. The summed E-state index contributed by atoms with van der Waals surface area (Å²) in [6.45, 7) is 23.5. The Morgan fingerprint density at radius 2 is 1.57 bits per heavy atom. The second-order valence-electron chi connectivity index (χ2n) is 8.98. The lowest BCUT2D eigenvalue weighted by Gasteiger charge is -2.36. The van der Waals surface area contributed by atoms with Crippen LogP contribution in [0.2, 0.25) is 18.1 Å². The van der Waals surface area contributed by atoms with Gasteiger partial charge in [-0.05, 0) is 62.6 Å². The molecule has 1 nitrogen and oxygen atoms in total.